The van der Waals surface area contributed by atoms with Gasteiger partial charge in [-0.1, -0.05) is 0 Å². The number of nitrogens with two attached hydrogens (primary N) is 1. The maximum Gasteiger partial charge on any atom is 0.375 e. The molecule has 1 atom stereocenters. The maximum absolute atomic E-state index is 12.5. The third kappa shape index (κ3) is 3.70. The molecule has 0 aliphatic carbocycles. The van der Waals surface area contributed by atoms with Crippen molar-refractivity contribution in [1.29, 1.82) is 0 Å². The van der Waals surface area contributed by atoms with Crippen molar-refractivity contribution in [1.82, 2.24) is 0 Å². The van der Waals surface area contributed by atoms with Gasteiger partial charge >= 0.3 is 5.97 Å². The van der Waals surface area contributed by atoms with Crippen LogP contribution in [0.15, 0.2) is 34.1 Å². The molecule has 3 N–H and O–H groups in total. The zero-order valence-corrected chi connectivity index (χ0v) is 16.2. The fourth-order valence-corrected chi connectivity index (χ4v) is 3.40. The zero-order chi connectivity index (χ0) is 20.4. The Morgan fingerprint density at radius 1 is 1.25 bits per heavy atom. The van der Waals surface area contributed by atoms with E-state index >= 15 is 0 Å². The Bertz CT molecular complexity index is 1070. The van der Waals surface area contributed by atoms with Crippen molar-refractivity contribution in [2.75, 3.05) is 12.4 Å². The second-order valence-electron chi connectivity index (χ2n) is 5.98. The summed E-state index contributed by atoms with van der Waals surface area (Å²) in [5.74, 6) is -1.37. The number of thiophene rings is 1. The molecule has 0 unspecified atom stereocenters. The van der Waals surface area contributed by atoms with Crippen molar-refractivity contribution in [2.24, 2.45) is 5.73 Å². The Hall–Kier alpha value is -3.33. The quantitative estimate of drug-likeness (QED) is 0.611. The van der Waals surface area contributed by atoms with Gasteiger partial charge < -0.3 is 24.9 Å². The minimum absolute atomic E-state index is 0.0110. The van der Waals surface area contributed by atoms with Gasteiger partial charge in [-0.15, -0.1) is 11.3 Å². The number of furan rings is 1. The standard InChI is InChI=1S/C19H18N2O6S/c1-9-13-8-11(25-3)4-5-14(13)27-15(9)19(24)26-10(2)17(23)21-18-12(16(20)22)6-7-28-18/h4-8,10H,1-3H3,(H2,20,22)(H,21,23)/t10-/m1/s1. The molecule has 146 valence electrons. The number of carbonyl (C=O) groups excluding carboxylic acids is 3. The minimum Gasteiger partial charge on any atom is -0.497 e. The fraction of sp³-hybridized carbons (Fsp3) is 0.211. The number of fused-ring (bicyclic) bond motifs is 1. The van der Waals surface area contributed by atoms with Crippen LogP contribution < -0.4 is 15.8 Å². The molecule has 0 saturated carbocycles. The summed E-state index contributed by atoms with van der Waals surface area (Å²) < 4.78 is 16.0. The average molecular weight is 402 g/mol. The second-order valence-corrected chi connectivity index (χ2v) is 6.90. The first-order chi connectivity index (χ1) is 13.3. The summed E-state index contributed by atoms with van der Waals surface area (Å²) >= 11 is 1.14. The highest BCUT2D eigenvalue weighted by Crippen LogP contribution is 2.29. The summed E-state index contributed by atoms with van der Waals surface area (Å²) in [4.78, 5) is 36.1. The normalized spacial score (nSPS) is 11.8. The summed E-state index contributed by atoms with van der Waals surface area (Å²) in [5.41, 5.74) is 6.54. The Balaban J connectivity index is 1.74. The number of primary amides is 1. The van der Waals surface area contributed by atoms with E-state index in [1.165, 1.54) is 13.0 Å². The van der Waals surface area contributed by atoms with Crippen LogP contribution in [0.2, 0.25) is 0 Å². The Morgan fingerprint density at radius 3 is 2.68 bits per heavy atom. The minimum atomic E-state index is -1.11. The number of aryl methyl sites for hydroxylation is 1. The molecule has 3 aromatic rings. The van der Waals surface area contributed by atoms with Crippen molar-refractivity contribution in [2.45, 2.75) is 20.0 Å². The smallest absolute Gasteiger partial charge is 0.375 e. The number of esters is 1. The monoisotopic (exact) mass is 402 g/mol. The van der Waals surface area contributed by atoms with Crippen LogP contribution in [0.4, 0.5) is 5.00 Å². The third-order valence-corrected chi connectivity index (χ3v) is 4.98. The molecule has 0 spiro atoms. The number of nitrogens with one attached hydrogen (secondary N) is 1. The molecule has 2 heterocycles. The SMILES string of the molecule is COc1ccc2oc(C(=O)O[C@H](C)C(=O)Nc3sccc3C(N)=O)c(C)c2c1. The highest BCUT2D eigenvalue weighted by Gasteiger charge is 2.25. The van der Waals surface area contributed by atoms with Crippen LogP contribution in [0.3, 0.4) is 0 Å². The van der Waals surface area contributed by atoms with Crippen LogP contribution in [-0.2, 0) is 9.53 Å². The van der Waals surface area contributed by atoms with E-state index in [0.29, 0.717) is 27.3 Å². The Kier molecular flexibility index (Phi) is 5.36. The molecule has 0 fully saturated rings. The van der Waals surface area contributed by atoms with E-state index in [1.807, 2.05) is 0 Å². The molecule has 3 rings (SSSR count). The number of amides is 2. The highest BCUT2D eigenvalue weighted by atomic mass is 32.1. The molecule has 28 heavy (non-hydrogen) atoms. The lowest BCUT2D eigenvalue weighted by atomic mass is 10.1. The van der Waals surface area contributed by atoms with E-state index in [2.05, 4.69) is 5.32 Å². The fourth-order valence-electron chi connectivity index (χ4n) is 2.60. The molecular formula is C19H18N2O6S. The van der Waals surface area contributed by atoms with E-state index in [1.54, 1.807) is 37.6 Å². The molecule has 2 aromatic heterocycles. The molecule has 0 aliphatic heterocycles. The van der Waals surface area contributed by atoms with E-state index in [-0.39, 0.29) is 11.3 Å². The van der Waals surface area contributed by atoms with E-state index < -0.39 is 23.9 Å². The van der Waals surface area contributed by atoms with Gasteiger partial charge in [0.25, 0.3) is 11.8 Å². The van der Waals surface area contributed by atoms with Gasteiger partial charge in [-0.25, -0.2) is 4.79 Å². The summed E-state index contributed by atoms with van der Waals surface area (Å²) in [7, 11) is 1.54. The van der Waals surface area contributed by atoms with Crippen LogP contribution in [0.1, 0.15) is 33.4 Å². The summed E-state index contributed by atoms with van der Waals surface area (Å²) in [6, 6.07) is 6.67. The van der Waals surface area contributed by atoms with Crippen molar-refractivity contribution in [3.05, 3.63) is 46.5 Å². The first-order valence-electron chi connectivity index (χ1n) is 8.28. The van der Waals surface area contributed by atoms with Crippen LogP contribution in [0.5, 0.6) is 5.75 Å². The molecule has 9 heteroatoms. The molecular weight excluding hydrogens is 384 g/mol. The van der Waals surface area contributed by atoms with Crippen LogP contribution in [-0.4, -0.2) is 31.0 Å². The van der Waals surface area contributed by atoms with Crippen molar-refractivity contribution in [3.8, 4) is 5.75 Å². The number of carbonyl (C=O) groups is 3. The van der Waals surface area contributed by atoms with E-state index in [0.717, 1.165) is 11.3 Å². The second kappa shape index (κ2) is 7.73. The van der Waals surface area contributed by atoms with Gasteiger partial charge in [0.2, 0.25) is 5.76 Å². The molecule has 0 saturated heterocycles. The Morgan fingerprint density at radius 2 is 2.00 bits per heavy atom. The predicted molar refractivity (Wildman–Crippen MR) is 104 cm³/mol. The highest BCUT2D eigenvalue weighted by molar-refractivity contribution is 7.14. The van der Waals surface area contributed by atoms with Gasteiger partial charge in [0, 0.05) is 10.9 Å². The van der Waals surface area contributed by atoms with E-state index in [9.17, 15) is 14.4 Å². The first kappa shape index (κ1) is 19.4. The van der Waals surface area contributed by atoms with Crippen LogP contribution in [0.25, 0.3) is 11.0 Å². The number of anilines is 1. The molecule has 0 aliphatic rings. The number of hydrogen-bond acceptors (Lipinski definition) is 7. The summed E-state index contributed by atoms with van der Waals surface area (Å²) in [5, 5.41) is 5.18. The lowest BCUT2D eigenvalue weighted by Gasteiger charge is -2.12. The molecule has 2 amide bonds. The van der Waals surface area contributed by atoms with E-state index in [4.69, 9.17) is 19.6 Å². The molecule has 1 aromatic carbocycles. The lowest BCUT2D eigenvalue weighted by molar-refractivity contribution is -0.123. The van der Waals surface area contributed by atoms with Crippen LogP contribution >= 0.6 is 11.3 Å². The van der Waals surface area contributed by atoms with Gasteiger partial charge in [-0.05, 0) is 43.5 Å². The Labute approximate surface area is 164 Å². The number of methoxy groups -OCH3 is 1. The molecule has 8 nitrogen and oxygen atoms in total. The topological polar surface area (TPSA) is 121 Å². The van der Waals surface area contributed by atoms with Gasteiger partial charge in [0.1, 0.15) is 16.3 Å². The average Bonchev–Trinajstić information content (AvgIpc) is 3.26. The van der Waals surface area contributed by atoms with Gasteiger partial charge in [-0.3, -0.25) is 9.59 Å². The van der Waals surface area contributed by atoms with Crippen LogP contribution in [0, 0.1) is 6.92 Å². The lowest BCUT2D eigenvalue weighted by Crippen LogP contribution is -2.30. The number of benzene rings is 1. The number of hydrogen-bond donors (Lipinski definition) is 2. The summed E-state index contributed by atoms with van der Waals surface area (Å²) in [6.07, 6.45) is -1.11. The molecule has 0 radical (unpaired) electrons. The predicted octanol–water partition coefficient (Wildman–Crippen LogP) is 3.09. The third-order valence-electron chi connectivity index (χ3n) is 4.15. The van der Waals surface area contributed by atoms with Crippen molar-refractivity contribution < 1.29 is 28.3 Å². The van der Waals surface area contributed by atoms with Gasteiger partial charge in [-0.2, -0.15) is 0 Å². The summed E-state index contributed by atoms with van der Waals surface area (Å²) in [6.45, 7) is 3.14. The maximum atomic E-state index is 12.5. The van der Waals surface area contributed by atoms with Crippen molar-refractivity contribution in [3.63, 3.8) is 0 Å². The van der Waals surface area contributed by atoms with Gasteiger partial charge in [0.05, 0.1) is 12.7 Å². The zero-order valence-electron chi connectivity index (χ0n) is 15.4. The van der Waals surface area contributed by atoms with Crippen molar-refractivity contribution >= 4 is 45.1 Å². The van der Waals surface area contributed by atoms with Gasteiger partial charge in [0.15, 0.2) is 6.10 Å². The number of ether oxygens (including phenoxy) is 2. The largest absolute Gasteiger partial charge is 0.497 e. The first-order valence-corrected chi connectivity index (χ1v) is 9.16. The number of rotatable bonds is 6. The molecule has 0 bridgehead atoms.